The van der Waals surface area contributed by atoms with E-state index in [2.05, 4.69) is 10.6 Å². The van der Waals surface area contributed by atoms with Gasteiger partial charge in [0, 0.05) is 36.0 Å². The molecule has 0 saturated carbocycles. The molecule has 1 saturated heterocycles. The van der Waals surface area contributed by atoms with Crippen LogP contribution in [0, 0.1) is 13.8 Å². The zero-order valence-electron chi connectivity index (χ0n) is 23.0. The first-order chi connectivity index (χ1) is 19.5. The van der Waals surface area contributed by atoms with E-state index in [-0.39, 0.29) is 63.5 Å². The zero-order valence-corrected chi connectivity index (χ0v) is 23.0. The summed E-state index contributed by atoms with van der Waals surface area (Å²) in [5, 5.41) is 25.4. The van der Waals surface area contributed by atoms with Gasteiger partial charge in [-0.2, -0.15) is 0 Å². The van der Waals surface area contributed by atoms with Crippen LogP contribution in [0.5, 0.6) is 5.75 Å². The number of piperidine rings is 1. The minimum atomic E-state index is -1.06. The second-order valence-electron chi connectivity index (χ2n) is 10.3. The van der Waals surface area contributed by atoms with Crippen LogP contribution in [0.15, 0.2) is 51.7 Å². The summed E-state index contributed by atoms with van der Waals surface area (Å²) in [7, 11) is 0. The molecule has 3 aromatic rings. The van der Waals surface area contributed by atoms with Crippen molar-refractivity contribution in [3.63, 3.8) is 0 Å². The number of fused-ring (bicyclic) bond motifs is 1. The van der Waals surface area contributed by atoms with Crippen LogP contribution in [0.4, 0.5) is 0 Å². The second kappa shape index (κ2) is 12.2. The van der Waals surface area contributed by atoms with Gasteiger partial charge >= 0.3 is 11.6 Å². The molecule has 11 nitrogen and oxygen atoms in total. The van der Waals surface area contributed by atoms with Crippen molar-refractivity contribution in [2.45, 2.75) is 44.9 Å². The minimum Gasteiger partial charge on any atom is -0.508 e. The van der Waals surface area contributed by atoms with E-state index in [1.807, 2.05) is 6.07 Å². The van der Waals surface area contributed by atoms with Gasteiger partial charge in [-0.3, -0.25) is 19.2 Å². The van der Waals surface area contributed by atoms with E-state index in [0.29, 0.717) is 33.2 Å². The van der Waals surface area contributed by atoms with Gasteiger partial charge < -0.3 is 30.2 Å². The number of carboxylic acid groups (broad SMARTS) is 1. The number of likely N-dealkylation sites (tertiary alicyclic amines) is 1. The average molecular weight is 564 g/mol. The number of carboxylic acids is 1. The number of nitrogens with zero attached hydrogens (tertiary/aromatic N) is 1. The quantitative estimate of drug-likeness (QED) is 0.287. The van der Waals surface area contributed by atoms with E-state index in [9.17, 15) is 34.2 Å². The van der Waals surface area contributed by atoms with Crippen LogP contribution in [0.3, 0.4) is 0 Å². The second-order valence-corrected chi connectivity index (χ2v) is 10.3. The van der Waals surface area contributed by atoms with Crippen molar-refractivity contribution in [1.82, 2.24) is 15.5 Å². The Labute approximate surface area is 236 Å². The van der Waals surface area contributed by atoms with Gasteiger partial charge in [0.2, 0.25) is 17.7 Å². The molecule has 0 spiro atoms. The van der Waals surface area contributed by atoms with Gasteiger partial charge in [0.1, 0.15) is 11.3 Å². The molecule has 2 heterocycles. The Kier molecular flexibility index (Phi) is 8.75. The maximum absolute atomic E-state index is 12.6. The van der Waals surface area contributed by atoms with E-state index in [1.54, 1.807) is 44.2 Å². The van der Waals surface area contributed by atoms with Crippen molar-refractivity contribution < 1.29 is 33.8 Å². The number of rotatable bonds is 9. The van der Waals surface area contributed by atoms with Crippen LogP contribution < -0.4 is 16.3 Å². The first kappa shape index (κ1) is 29.3. The maximum atomic E-state index is 12.6. The molecule has 4 rings (SSSR count). The third kappa shape index (κ3) is 6.24. The van der Waals surface area contributed by atoms with Crippen LogP contribution in [0.1, 0.15) is 41.5 Å². The van der Waals surface area contributed by atoms with Crippen molar-refractivity contribution in [3.05, 3.63) is 75.1 Å². The molecule has 0 bridgehead atoms. The molecule has 1 aromatic heterocycles. The van der Waals surface area contributed by atoms with E-state index < -0.39 is 28.8 Å². The molecule has 0 aliphatic carbocycles. The third-order valence-corrected chi connectivity index (χ3v) is 7.87. The standard InChI is InChI=1S/C30H33N3O8/c1-18-21-8-10-23(34)19(2)27(21)41-28(38)22(18)9-11-24(35)31-16-25(36)32-17-26(37)33-14-12-30(13-15-33,29(39)40)20-6-4-3-5-7-20/h3-8,10,34H,9,11-17H2,1-2H3,(H,31,35)(H,32,36)(H,39,40). The van der Waals surface area contributed by atoms with Gasteiger partial charge in [-0.15, -0.1) is 0 Å². The number of phenolic OH excluding ortho intramolecular Hbond substituents is 1. The molecule has 41 heavy (non-hydrogen) atoms. The van der Waals surface area contributed by atoms with E-state index in [0.717, 1.165) is 0 Å². The molecule has 2 aromatic carbocycles. The summed E-state index contributed by atoms with van der Waals surface area (Å²) in [6.45, 7) is 3.27. The number of aromatic hydroxyl groups is 1. The Morgan fingerprint density at radius 2 is 1.59 bits per heavy atom. The van der Waals surface area contributed by atoms with Crippen molar-refractivity contribution >= 4 is 34.7 Å². The van der Waals surface area contributed by atoms with Crippen LogP contribution in [0.25, 0.3) is 11.0 Å². The Balaban J connectivity index is 1.23. The topological polar surface area (TPSA) is 166 Å². The lowest BCUT2D eigenvalue weighted by Gasteiger charge is -2.39. The number of amides is 3. The molecule has 0 atom stereocenters. The van der Waals surface area contributed by atoms with Gasteiger partial charge in [0.05, 0.1) is 18.5 Å². The molecule has 216 valence electrons. The van der Waals surface area contributed by atoms with Gasteiger partial charge in [-0.1, -0.05) is 30.3 Å². The molecule has 1 aliphatic heterocycles. The first-order valence-corrected chi connectivity index (χ1v) is 13.4. The Hall–Kier alpha value is -4.67. The fourth-order valence-corrected chi connectivity index (χ4v) is 5.24. The van der Waals surface area contributed by atoms with Crippen molar-refractivity contribution in [1.29, 1.82) is 0 Å². The number of aliphatic carboxylic acids is 1. The normalized spacial score (nSPS) is 14.4. The van der Waals surface area contributed by atoms with Crippen molar-refractivity contribution in [3.8, 4) is 5.75 Å². The number of benzene rings is 2. The number of phenols is 1. The minimum absolute atomic E-state index is 0.0198. The van der Waals surface area contributed by atoms with E-state index in [1.165, 1.54) is 11.0 Å². The lowest BCUT2D eigenvalue weighted by atomic mass is 9.73. The lowest BCUT2D eigenvalue weighted by Crippen LogP contribution is -2.51. The first-order valence-electron chi connectivity index (χ1n) is 13.4. The number of carbonyl (C=O) groups excluding carboxylic acids is 3. The fourth-order valence-electron chi connectivity index (χ4n) is 5.24. The predicted octanol–water partition coefficient (Wildman–Crippen LogP) is 1.93. The zero-order chi connectivity index (χ0) is 29.7. The third-order valence-electron chi connectivity index (χ3n) is 7.87. The van der Waals surface area contributed by atoms with Crippen LogP contribution >= 0.6 is 0 Å². The Morgan fingerprint density at radius 1 is 0.927 bits per heavy atom. The van der Waals surface area contributed by atoms with Crippen LogP contribution in [-0.4, -0.2) is 65.0 Å². The molecular formula is C30H33N3O8. The average Bonchev–Trinajstić information content (AvgIpc) is 2.97. The highest BCUT2D eigenvalue weighted by Gasteiger charge is 2.43. The van der Waals surface area contributed by atoms with Crippen LogP contribution in [-0.2, 0) is 31.0 Å². The highest BCUT2D eigenvalue weighted by molar-refractivity contribution is 5.89. The Bertz CT molecular complexity index is 1540. The lowest BCUT2D eigenvalue weighted by molar-refractivity contribution is -0.148. The number of nitrogens with one attached hydrogen (secondary N) is 2. The summed E-state index contributed by atoms with van der Waals surface area (Å²) >= 11 is 0. The highest BCUT2D eigenvalue weighted by Crippen LogP contribution is 2.36. The molecule has 3 amide bonds. The SMILES string of the molecule is Cc1c(CCC(=O)NCC(=O)NCC(=O)N2CCC(C(=O)O)(c3ccccc3)CC2)c(=O)oc2c(C)c(O)ccc12. The smallest absolute Gasteiger partial charge is 0.339 e. The van der Waals surface area contributed by atoms with E-state index >= 15 is 0 Å². The van der Waals surface area contributed by atoms with Gasteiger partial charge in [-0.25, -0.2) is 4.79 Å². The molecule has 0 unspecified atom stereocenters. The summed E-state index contributed by atoms with van der Waals surface area (Å²) in [6.07, 6.45) is 0.574. The molecule has 4 N–H and O–H groups in total. The van der Waals surface area contributed by atoms with Crippen LogP contribution in [0.2, 0.25) is 0 Å². The van der Waals surface area contributed by atoms with E-state index in [4.69, 9.17) is 4.42 Å². The van der Waals surface area contributed by atoms with Gasteiger partial charge in [0.25, 0.3) is 0 Å². The summed E-state index contributed by atoms with van der Waals surface area (Å²) in [5.41, 5.74) is 0.815. The van der Waals surface area contributed by atoms with Gasteiger partial charge in [0.15, 0.2) is 0 Å². The summed E-state index contributed by atoms with van der Waals surface area (Å²) in [5.74, 6) is -2.24. The summed E-state index contributed by atoms with van der Waals surface area (Å²) < 4.78 is 5.39. The fraction of sp³-hybridized carbons (Fsp3) is 0.367. The molecule has 1 aliphatic rings. The highest BCUT2D eigenvalue weighted by atomic mass is 16.4. The number of hydrogen-bond acceptors (Lipinski definition) is 7. The van der Waals surface area contributed by atoms with Gasteiger partial charge in [-0.05, 0) is 56.4 Å². The van der Waals surface area contributed by atoms with Crippen molar-refractivity contribution in [2.75, 3.05) is 26.2 Å². The number of hydrogen-bond donors (Lipinski definition) is 4. The molecule has 1 fully saturated rings. The number of aryl methyl sites for hydroxylation is 2. The summed E-state index contributed by atoms with van der Waals surface area (Å²) in [6, 6.07) is 12.1. The predicted molar refractivity (Wildman–Crippen MR) is 150 cm³/mol. The monoisotopic (exact) mass is 563 g/mol. The van der Waals surface area contributed by atoms with Crippen molar-refractivity contribution in [2.24, 2.45) is 0 Å². The molecule has 11 heteroatoms. The largest absolute Gasteiger partial charge is 0.508 e. The summed E-state index contributed by atoms with van der Waals surface area (Å²) in [4.78, 5) is 63.4. The molecular weight excluding hydrogens is 530 g/mol. The number of carbonyl (C=O) groups is 4. The Morgan fingerprint density at radius 3 is 2.24 bits per heavy atom. The maximum Gasteiger partial charge on any atom is 0.339 e. The molecule has 0 radical (unpaired) electrons.